The molecular weight excluding hydrogens is 1080 g/mol. The maximum Gasteiger partial charge on any atom is 0.472 e. The van der Waals surface area contributed by atoms with Gasteiger partial charge in [-0.25, -0.2) is 9.13 Å². The van der Waals surface area contributed by atoms with E-state index < -0.39 is 97.5 Å². The number of hydrogen-bond donors (Lipinski definition) is 3. The zero-order chi connectivity index (χ0) is 59.9. The molecule has 2 unspecified atom stereocenters. The van der Waals surface area contributed by atoms with Crippen molar-refractivity contribution in [3.05, 3.63) is 0 Å². The fraction of sp³-hybridized carbons (Fsp3) is 0.935. The van der Waals surface area contributed by atoms with Crippen LogP contribution in [0.15, 0.2) is 0 Å². The first kappa shape index (κ1) is 79.1. The fourth-order valence-corrected chi connectivity index (χ4v) is 10.8. The van der Waals surface area contributed by atoms with Gasteiger partial charge in [0, 0.05) is 25.7 Å². The van der Waals surface area contributed by atoms with E-state index in [1.54, 1.807) is 0 Å². The molecule has 0 aromatic carbocycles. The van der Waals surface area contributed by atoms with E-state index in [4.69, 9.17) is 37.0 Å². The summed E-state index contributed by atoms with van der Waals surface area (Å²) in [6.07, 6.45) is 38.9. The number of ether oxygens (including phenoxy) is 4. The van der Waals surface area contributed by atoms with Gasteiger partial charge in [0.05, 0.1) is 26.4 Å². The third-order valence-electron chi connectivity index (χ3n) is 14.3. The molecule has 0 heterocycles. The first-order valence-electron chi connectivity index (χ1n) is 32.6. The van der Waals surface area contributed by atoms with Crippen LogP contribution in [0.1, 0.15) is 311 Å². The van der Waals surface area contributed by atoms with Crippen molar-refractivity contribution in [3.63, 3.8) is 0 Å². The lowest BCUT2D eigenvalue weighted by Crippen LogP contribution is -2.30. The Morgan fingerprint density at radius 2 is 0.568 bits per heavy atom. The Morgan fingerprint density at radius 3 is 0.840 bits per heavy atom. The second-order valence-corrected chi connectivity index (χ2v) is 25.8. The number of phosphoric acid groups is 2. The van der Waals surface area contributed by atoms with Gasteiger partial charge in [0.15, 0.2) is 12.2 Å². The van der Waals surface area contributed by atoms with Crippen LogP contribution in [-0.4, -0.2) is 96.7 Å². The summed E-state index contributed by atoms with van der Waals surface area (Å²) in [5, 5.41) is 10.5. The van der Waals surface area contributed by atoms with Gasteiger partial charge < -0.3 is 33.8 Å². The molecule has 0 aliphatic carbocycles. The Kier molecular flexibility index (Phi) is 54.6. The van der Waals surface area contributed by atoms with E-state index >= 15 is 0 Å². The van der Waals surface area contributed by atoms with Gasteiger partial charge in [-0.2, -0.15) is 0 Å². The number of carbonyl (C=O) groups excluding carboxylic acids is 4. The predicted octanol–water partition coefficient (Wildman–Crippen LogP) is 17.0. The van der Waals surface area contributed by atoms with Gasteiger partial charge in [0.2, 0.25) is 0 Å². The molecule has 0 bridgehead atoms. The van der Waals surface area contributed by atoms with Crippen LogP contribution < -0.4 is 0 Å². The monoisotopic (exact) mass is 1200 g/mol. The number of carbonyl (C=O) groups is 4. The van der Waals surface area contributed by atoms with Crippen molar-refractivity contribution in [2.24, 2.45) is 5.92 Å². The molecule has 0 aromatic rings. The summed E-state index contributed by atoms with van der Waals surface area (Å²) in [4.78, 5) is 72.0. The molecule has 0 rings (SSSR count). The standard InChI is InChI=1S/C62H120O17P2/c1-6-9-12-15-18-21-24-25-28-31-38-43-48-62(67)78-57(51-72-59(64)45-40-35-29-26-22-19-16-13-10-7-2)53-76-80(68,69)74-49-56(63)50-75-81(70,71)77-54-58(52-73-60(65)46-41-36-33-32-34-39-44-55(4)5)79-61(66)47-42-37-30-27-23-20-17-14-11-8-3/h55-58,63H,6-54H2,1-5H3,(H,68,69)(H,70,71)/t56-,57-,58-/m1/s1. The normalized spacial score (nSPS) is 14.3. The number of esters is 4. The van der Waals surface area contributed by atoms with Gasteiger partial charge in [-0.1, -0.05) is 259 Å². The number of hydrogen-bond acceptors (Lipinski definition) is 15. The fourth-order valence-electron chi connectivity index (χ4n) is 9.23. The molecule has 0 fully saturated rings. The van der Waals surface area contributed by atoms with Gasteiger partial charge in [0.1, 0.15) is 19.3 Å². The van der Waals surface area contributed by atoms with E-state index in [2.05, 4.69) is 34.6 Å². The van der Waals surface area contributed by atoms with Crippen LogP contribution in [-0.2, 0) is 65.4 Å². The molecule has 17 nitrogen and oxygen atoms in total. The smallest absolute Gasteiger partial charge is 0.462 e. The summed E-state index contributed by atoms with van der Waals surface area (Å²) in [7, 11) is -9.88. The summed E-state index contributed by atoms with van der Waals surface area (Å²) >= 11 is 0. The number of aliphatic hydroxyl groups excluding tert-OH is 1. The molecule has 0 saturated carbocycles. The third kappa shape index (κ3) is 56.9. The first-order chi connectivity index (χ1) is 39.0. The van der Waals surface area contributed by atoms with E-state index in [0.29, 0.717) is 31.6 Å². The van der Waals surface area contributed by atoms with Gasteiger partial charge in [0.25, 0.3) is 0 Å². The molecule has 0 aromatic heterocycles. The summed E-state index contributed by atoms with van der Waals surface area (Å²) in [6, 6.07) is 0. The highest BCUT2D eigenvalue weighted by molar-refractivity contribution is 7.47. The maximum absolute atomic E-state index is 12.9. The van der Waals surface area contributed by atoms with E-state index in [1.165, 1.54) is 128 Å². The minimum Gasteiger partial charge on any atom is -0.462 e. The second kappa shape index (κ2) is 55.9. The van der Waals surface area contributed by atoms with E-state index in [1.807, 2.05) is 0 Å². The van der Waals surface area contributed by atoms with Crippen molar-refractivity contribution in [2.45, 2.75) is 329 Å². The Balaban J connectivity index is 5.23. The van der Waals surface area contributed by atoms with Crippen LogP contribution in [0.5, 0.6) is 0 Å². The SMILES string of the molecule is CCCCCCCCCCCCCCC(=O)O[C@H](COC(=O)CCCCCCCCCCCC)COP(=O)(O)OC[C@@H](O)COP(=O)(O)OC[C@@H](COC(=O)CCCCCCCCC(C)C)OC(=O)CCCCCCCCCCCC. The highest BCUT2D eigenvalue weighted by Gasteiger charge is 2.30. The van der Waals surface area contributed by atoms with Crippen LogP contribution in [0, 0.1) is 5.92 Å². The zero-order valence-electron chi connectivity index (χ0n) is 51.9. The molecule has 81 heavy (non-hydrogen) atoms. The average molecular weight is 1200 g/mol. The summed E-state index contributed by atoms with van der Waals surface area (Å²) in [6.45, 7) is 7.08. The number of aliphatic hydroxyl groups is 1. The molecule has 5 atom stereocenters. The Bertz CT molecular complexity index is 1580. The Morgan fingerprint density at radius 1 is 0.333 bits per heavy atom. The zero-order valence-corrected chi connectivity index (χ0v) is 53.7. The Hall–Kier alpha value is -1.94. The molecule has 480 valence electrons. The third-order valence-corrected chi connectivity index (χ3v) is 16.2. The van der Waals surface area contributed by atoms with E-state index in [0.717, 1.165) is 96.3 Å². The van der Waals surface area contributed by atoms with Crippen LogP contribution in [0.4, 0.5) is 0 Å². The van der Waals surface area contributed by atoms with Gasteiger partial charge in [-0.05, 0) is 31.6 Å². The van der Waals surface area contributed by atoms with Crippen LogP contribution >= 0.6 is 15.6 Å². The lowest BCUT2D eigenvalue weighted by atomic mass is 10.0. The van der Waals surface area contributed by atoms with Crippen molar-refractivity contribution < 1.29 is 80.2 Å². The topological polar surface area (TPSA) is 237 Å². The van der Waals surface area contributed by atoms with Crippen LogP contribution in [0.2, 0.25) is 0 Å². The highest BCUT2D eigenvalue weighted by Crippen LogP contribution is 2.45. The summed E-state index contributed by atoms with van der Waals surface area (Å²) in [5.41, 5.74) is 0. The molecule has 3 N–H and O–H groups in total. The highest BCUT2D eigenvalue weighted by atomic mass is 31.2. The number of rotatable bonds is 62. The van der Waals surface area contributed by atoms with Crippen LogP contribution in [0.25, 0.3) is 0 Å². The molecule has 0 aliphatic heterocycles. The molecule has 0 aliphatic rings. The first-order valence-corrected chi connectivity index (χ1v) is 35.6. The van der Waals surface area contributed by atoms with E-state index in [9.17, 15) is 43.2 Å². The number of unbranched alkanes of at least 4 members (excludes halogenated alkanes) is 34. The minimum absolute atomic E-state index is 0.105. The molecule has 0 amide bonds. The van der Waals surface area contributed by atoms with Crippen molar-refractivity contribution in [2.75, 3.05) is 39.6 Å². The van der Waals surface area contributed by atoms with E-state index in [-0.39, 0.29) is 25.7 Å². The lowest BCUT2D eigenvalue weighted by Gasteiger charge is -2.21. The molecule has 0 spiro atoms. The summed E-state index contributed by atoms with van der Waals surface area (Å²) in [5.74, 6) is -1.46. The van der Waals surface area contributed by atoms with Gasteiger partial charge >= 0.3 is 39.5 Å². The van der Waals surface area contributed by atoms with Crippen molar-refractivity contribution in [1.82, 2.24) is 0 Å². The maximum atomic E-state index is 12.9. The van der Waals surface area contributed by atoms with Gasteiger partial charge in [-0.15, -0.1) is 0 Å². The lowest BCUT2D eigenvalue weighted by molar-refractivity contribution is -0.161. The minimum atomic E-state index is -4.94. The van der Waals surface area contributed by atoms with Crippen molar-refractivity contribution in [3.8, 4) is 0 Å². The summed E-state index contributed by atoms with van der Waals surface area (Å²) < 4.78 is 67.9. The quantitative estimate of drug-likeness (QED) is 0.0222. The second-order valence-electron chi connectivity index (χ2n) is 22.9. The van der Waals surface area contributed by atoms with Crippen LogP contribution in [0.3, 0.4) is 0 Å². The average Bonchev–Trinajstić information content (AvgIpc) is 3.43. The number of phosphoric ester groups is 2. The van der Waals surface area contributed by atoms with Crippen molar-refractivity contribution in [1.29, 1.82) is 0 Å². The molecule has 0 radical (unpaired) electrons. The Labute approximate surface area is 492 Å². The predicted molar refractivity (Wildman–Crippen MR) is 322 cm³/mol. The van der Waals surface area contributed by atoms with Gasteiger partial charge in [-0.3, -0.25) is 37.3 Å². The largest absolute Gasteiger partial charge is 0.472 e. The molecular formula is C62H120O17P2. The molecule has 19 heteroatoms. The molecule has 0 saturated heterocycles. The van der Waals surface area contributed by atoms with Crippen molar-refractivity contribution >= 4 is 39.5 Å².